The van der Waals surface area contributed by atoms with E-state index in [-0.39, 0.29) is 17.6 Å². The standard InChI is InChI=1S/C17H19NO4S/c1-3-21-17(20)14-11-6-4-5-7-13(11)23-16(14)18-15(19)12-9-8-10(2)22-12/h8-9H,3-7H2,1-2H3,(H,18,19). The van der Waals surface area contributed by atoms with E-state index in [4.69, 9.17) is 9.15 Å². The van der Waals surface area contributed by atoms with E-state index < -0.39 is 0 Å². The number of ether oxygens (including phenoxy) is 1. The Morgan fingerprint density at radius 1 is 1.30 bits per heavy atom. The van der Waals surface area contributed by atoms with Gasteiger partial charge >= 0.3 is 5.97 Å². The van der Waals surface area contributed by atoms with Gasteiger partial charge in [0.15, 0.2) is 5.76 Å². The lowest BCUT2D eigenvalue weighted by atomic mass is 9.95. The van der Waals surface area contributed by atoms with Gasteiger partial charge in [-0.3, -0.25) is 4.79 Å². The van der Waals surface area contributed by atoms with Crippen molar-refractivity contribution in [1.29, 1.82) is 0 Å². The van der Waals surface area contributed by atoms with Crippen LogP contribution in [0.3, 0.4) is 0 Å². The van der Waals surface area contributed by atoms with Gasteiger partial charge in [-0.2, -0.15) is 0 Å². The van der Waals surface area contributed by atoms with Crippen molar-refractivity contribution in [2.24, 2.45) is 0 Å². The summed E-state index contributed by atoms with van der Waals surface area (Å²) in [6.07, 6.45) is 3.97. The fourth-order valence-electron chi connectivity index (χ4n) is 2.79. The Kier molecular flexibility index (Phi) is 4.52. The molecule has 0 bridgehead atoms. The number of rotatable bonds is 4. The van der Waals surface area contributed by atoms with Crippen LogP contribution in [0.4, 0.5) is 5.00 Å². The first-order valence-electron chi connectivity index (χ1n) is 7.79. The van der Waals surface area contributed by atoms with Crippen molar-refractivity contribution in [2.45, 2.75) is 39.5 Å². The van der Waals surface area contributed by atoms with E-state index in [1.54, 1.807) is 26.0 Å². The van der Waals surface area contributed by atoms with E-state index in [1.165, 1.54) is 16.2 Å². The maximum atomic E-state index is 12.3. The Morgan fingerprint density at radius 2 is 2.09 bits per heavy atom. The molecule has 0 atom stereocenters. The van der Waals surface area contributed by atoms with Crippen molar-refractivity contribution in [3.8, 4) is 0 Å². The van der Waals surface area contributed by atoms with Crippen molar-refractivity contribution in [3.05, 3.63) is 39.7 Å². The molecule has 0 unspecified atom stereocenters. The largest absolute Gasteiger partial charge is 0.462 e. The van der Waals surface area contributed by atoms with Crippen LogP contribution in [0, 0.1) is 6.92 Å². The minimum atomic E-state index is -0.363. The smallest absolute Gasteiger partial charge is 0.341 e. The average molecular weight is 333 g/mol. The quantitative estimate of drug-likeness (QED) is 0.860. The van der Waals surface area contributed by atoms with Gasteiger partial charge in [-0.15, -0.1) is 11.3 Å². The fourth-order valence-corrected chi connectivity index (χ4v) is 4.07. The predicted octanol–water partition coefficient (Wildman–Crippen LogP) is 3.96. The molecule has 0 spiro atoms. The van der Waals surface area contributed by atoms with Crippen molar-refractivity contribution in [2.75, 3.05) is 11.9 Å². The normalized spacial score (nSPS) is 13.5. The number of amides is 1. The monoisotopic (exact) mass is 333 g/mol. The first kappa shape index (κ1) is 15.8. The number of nitrogens with one attached hydrogen (secondary N) is 1. The summed E-state index contributed by atoms with van der Waals surface area (Å²) in [7, 11) is 0. The van der Waals surface area contributed by atoms with E-state index in [0.717, 1.165) is 31.2 Å². The Hall–Kier alpha value is -2.08. The highest BCUT2D eigenvalue weighted by atomic mass is 32.1. The minimum absolute atomic E-state index is 0.240. The predicted molar refractivity (Wildman–Crippen MR) is 88.3 cm³/mol. The highest BCUT2D eigenvalue weighted by Crippen LogP contribution is 2.38. The molecule has 2 heterocycles. The van der Waals surface area contributed by atoms with Crippen LogP contribution in [-0.2, 0) is 17.6 Å². The molecule has 1 N–H and O–H groups in total. The van der Waals surface area contributed by atoms with E-state index >= 15 is 0 Å². The number of carbonyl (C=O) groups is 2. The maximum absolute atomic E-state index is 12.3. The van der Waals surface area contributed by atoms with Gasteiger partial charge in [0, 0.05) is 4.88 Å². The Labute approximate surface area is 138 Å². The number of anilines is 1. The fraction of sp³-hybridized carbons (Fsp3) is 0.412. The average Bonchev–Trinajstić information content (AvgIpc) is 3.10. The molecule has 122 valence electrons. The molecular weight excluding hydrogens is 314 g/mol. The van der Waals surface area contributed by atoms with Crippen LogP contribution in [0.5, 0.6) is 0 Å². The Balaban J connectivity index is 1.93. The third kappa shape index (κ3) is 3.17. The lowest BCUT2D eigenvalue weighted by molar-refractivity contribution is 0.0526. The topological polar surface area (TPSA) is 68.5 Å². The van der Waals surface area contributed by atoms with Gasteiger partial charge in [0.2, 0.25) is 0 Å². The van der Waals surface area contributed by atoms with E-state index in [0.29, 0.717) is 22.9 Å². The van der Waals surface area contributed by atoms with Crippen LogP contribution in [0.1, 0.15) is 56.9 Å². The summed E-state index contributed by atoms with van der Waals surface area (Å²) < 4.78 is 10.5. The summed E-state index contributed by atoms with van der Waals surface area (Å²) in [6, 6.07) is 3.36. The number of carbonyl (C=O) groups excluding carboxylic acids is 2. The molecule has 2 aromatic heterocycles. The first-order valence-corrected chi connectivity index (χ1v) is 8.61. The van der Waals surface area contributed by atoms with Gasteiger partial charge in [-0.1, -0.05) is 0 Å². The van der Waals surface area contributed by atoms with E-state index in [2.05, 4.69) is 5.32 Å². The van der Waals surface area contributed by atoms with Gasteiger partial charge < -0.3 is 14.5 Å². The van der Waals surface area contributed by atoms with Crippen molar-refractivity contribution in [1.82, 2.24) is 0 Å². The lowest BCUT2D eigenvalue weighted by Gasteiger charge is -2.12. The molecule has 6 heteroatoms. The summed E-state index contributed by atoms with van der Waals surface area (Å²) in [5.74, 6) is 0.204. The third-order valence-corrected chi connectivity index (χ3v) is 5.05. The molecule has 3 rings (SSSR count). The summed E-state index contributed by atoms with van der Waals surface area (Å²) >= 11 is 1.47. The number of esters is 1. The highest BCUT2D eigenvalue weighted by Gasteiger charge is 2.27. The first-order chi connectivity index (χ1) is 11.1. The molecule has 0 saturated heterocycles. The molecule has 0 aliphatic heterocycles. The van der Waals surface area contributed by atoms with Crippen LogP contribution in [0.2, 0.25) is 0 Å². The van der Waals surface area contributed by atoms with Crippen LogP contribution in [-0.4, -0.2) is 18.5 Å². The van der Waals surface area contributed by atoms with E-state index in [1.807, 2.05) is 0 Å². The van der Waals surface area contributed by atoms with E-state index in [9.17, 15) is 9.59 Å². The van der Waals surface area contributed by atoms with Crippen LogP contribution < -0.4 is 5.32 Å². The van der Waals surface area contributed by atoms with Crippen LogP contribution in [0.25, 0.3) is 0 Å². The molecule has 23 heavy (non-hydrogen) atoms. The Morgan fingerprint density at radius 3 is 2.78 bits per heavy atom. The molecular formula is C17H19NO4S. The van der Waals surface area contributed by atoms with Crippen molar-refractivity contribution in [3.63, 3.8) is 0 Å². The number of hydrogen-bond acceptors (Lipinski definition) is 5. The summed E-state index contributed by atoms with van der Waals surface area (Å²) in [5.41, 5.74) is 1.55. The molecule has 0 saturated carbocycles. The second-order valence-electron chi connectivity index (χ2n) is 5.50. The molecule has 5 nitrogen and oxygen atoms in total. The SMILES string of the molecule is CCOC(=O)c1c(NC(=O)c2ccc(C)o2)sc2c1CCCC2. The molecule has 0 fully saturated rings. The second kappa shape index (κ2) is 6.58. The summed E-state index contributed by atoms with van der Waals surface area (Å²) in [6.45, 7) is 3.87. The number of thiophene rings is 1. The number of fused-ring (bicyclic) bond motifs is 1. The lowest BCUT2D eigenvalue weighted by Crippen LogP contribution is -2.15. The van der Waals surface area contributed by atoms with Gasteiger partial charge in [0.05, 0.1) is 12.2 Å². The van der Waals surface area contributed by atoms with Crippen molar-refractivity contribution < 1.29 is 18.7 Å². The molecule has 0 radical (unpaired) electrons. The summed E-state index contributed by atoms with van der Waals surface area (Å²) in [4.78, 5) is 25.8. The van der Waals surface area contributed by atoms with Gasteiger partial charge in [-0.05, 0) is 57.2 Å². The molecule has 0 aromatic carbocycles. The third-order valence-electron chi connectivity index (χ3n) is 3.84. The zero-order valence-corrected chi connectivity index (χ0v) is 14.0. The minimum Gasteiger partial charge on any atom is -0.462 e. The van der Waals surface area contributed by atoms with Crippen LogP contribution in [0.15, 0.2) is 16.5 Å². The maximum Gasteiger partial charge on any atom is 0.341 e. The number of hydrogen-bond donors (Lipinski definition) is 1. The molecule has 1 amide bonds. The van der Waals surface area contributed by atoms with Gasteiger partial charge in [0.1, 0.15) is 10.8 Å². The van der Waals surface area contributed by atoms with Crippen molar-refractivity contribution >= 4 is 28.2 Å². The number of aryl methyl sites for hydroxylation is 2. The molecule has 1 aliphatic rings. The second-order valence-corrected chi connectivity index (χ2v) is 6.61. The van der Waals surface area contributed by atoms with Gasteiger partial charge in [0.25, 0.3) is 5.91 Å². The highest BCUT2D eigenvalue weighted by molar-refractivity contribution is 7.17. The zero-order valence-electron chi connectivity index (χ0n) is 13.2. The van der Waals surface area contributed by atoms with Gasteiger partial charge in [-0.25, -0.2) is 4.79 Å². The van der Waals surface area contributed by atoms with Crippen LogP contribution >= 0.6 is 11.3 Å². The molecule has 1 aliphatic carbocycles. The molecule has 2 aromatic rings. The summed E-state index contributed by atoms with van der Waals surface area (Å²) in [5, 5.41) is 3.39. The number of furan rings is 1. The Bertz CT molecular complexity index is 744. The zero-order chi connectivity index (χ0) is 16.4.